The van der Waals surface area contributed by atoms with Gasteiger partial charge >= 0.3 is 0 Å². The summed E-state index contributed by atoms with van der Waals surface area (Å²) in [7, 11) is 0. The van der Waals surface area contributed by atoms with E-state index in [0.29, 0.717) is 10.9 Å². The zero-order chi connectivity index (χ0) is 12.3. The Morgan fingerprint density at radius 1 is 1.41 bits per heavy atom. The molecule has 0 radical (unpaired) electrons. The number of hydrogen-bond donors (Lipinski definition) is 2. The minimum Gasteiger partial charge on any atom is -0.382 e. The predicted octanol–water partition coefficient (Wildman–Crippen LogP) is 1.49. The Labute approximate surface area is 110 Å². The molecule has 0 saturated carbocycles. The van der Waals surface area contributed by atoms with Gasteiger partial charge in [0.2, 0.25) is 0 Å². The largest absolute Gasteiger partial charge is 0.382 e. The van der Waals surface area contributed by atoms with Crippen LogP contribution in [0.5, 0.6) is 0 Å². The van der Waals surface area contributed by atoms with Gasteiger partial charge in [0.15, 0.2) is 13.8 Å². The first kappa shape index (κ1) is 12.3. The normalized spacial score (nSPS) is 10.4. The fourth-order valence-corrected chi connectivity index (χ4v) is 3.22. The topological polar surface area (TPSA) is 101 Å². The molecule has 0 bridgehead atoms. The third kappa shape index (κ3) is 3.14. The summed E-state index contributed by atoms with van der Waals surface area (Å²) in [6, 6.07) is 1.60. The van der Waals surface area contributed by atoms with Gasteiger partial charge in [0.1, 0.15) is 11.5 Å². The van der Waals surface area contributed by atoms with Crippen LogP contribution in [0.15, 0.2) is 26.1 Å². The lowest BCUT2D eigenvalue weighted by atomic mass is 10.4. The van der Waals surface area contributed by atoms with E-state index in [-0.39, 0.29) is 5.84 Å². The second-order valence-corrected chi connectivity index (χ2v) is 6.02. The average molecular weight is 284 g/mol. The summed E-state index contributed by atoms with van der Waals surface area (Å²) in [4.78, 5) is 8.22. The van der Waals surface area contributed by atoms with Crippen LogP contribution in [0.4, 0.5) is 0 Å². The molecule has 0 amide bonds. The van der Waals surface area contributed by atoms with Crippen molar-refractivity contribution in [3.63, 3.8) is 0 Å². The number of nitrogens with zero attached hydrogens (tertiary/aromatic N) is 4. The first-order valence-corrected chi connectivity index (χ1v) is 7.27. The lowest BCUT2D eigenvalue weighted by Gasteiger charge is -1.98. The summed E-state index contributed by atoms with van der Waals surface area (Å²) in [6.45, 7) is 0. The van der Waals surface area contributed by atoms with Gasteiger partial charge in [-0.25, -0.2) is 9.97 Å². The maximum atomic E-state index is 7.30. The molecule has 0 aromatic carbocycles. The van der Waals surface area contributed by atoms with Crippen LogP contribution in [-0.2, 0) is 0 Å². The highest BCUT2D eigenvalue weighted by Crippen LogP contribution is 2.30. The van der Waals surface area contributed by atoms with Gasteiger partial charge in [-0.15, -0.1) is 10.2 Å². The number of nitrogens with two attached hydrogens (primary N) is 1. The van der Waals surface area contributed by atoms with E-state index in [9.17, 15) is 0 Å². The zero-order valence-electron chi connectivity index (χ0n) is 8.75. The minimum atomic E-state index is -0.0729. The van der Waals surface area contributed by atoms with E-state index in [1.54, 1.807) is 24.0 Å². The smallest absolute Gasteiger partial charge is 0.195 e. The number of amidine groups is 1. The van der Waals surface area contributed by atoms with Crippen molar-refractivity contribution in [2.24, 2.45) is 5.73 Å². The molecule has 0 fully saturated rings. The van der Waals surface area contributed by atoms with Gasteiger partial charge in [-0.1, -0.05) is 23.1 Å². The Kier molecular flexibility index (Phi) is 3.92. The molecule has 2 rings (SSSR count). The van der Waals surface area contributed by atoms with Crippen LogP contribution >= 0.6 is 34.9 Å². The van der Waals surface area contributed by atoms with Gasteiger partial charge in [0.05, 0.1) is 0 Å². The molecule has 9 heteroatoms. The summed E-state index contributed by atoms with van der Waals surface area (Å²) in [5.41, 5.74) is 5.77. The Morgan fingerprint density at radius 2 is 2.18 bits per heavy atom. The molecule has 0 saturated heterocycles. The second-order valence-electron chi connectivity index (χ2n) is 2.78. The summed E-state index contributed by atoms with van der Waals surface area (Å²) in [5, 5.41) is 15.8. The summed E-state index contributed by atoms with van der Waals surface area (Å²) >= 11 is 4.34. The van der Waals surface area contributed by atoms with E-state index in [1.165, 1.54) is 23.1 Å². The van der Waals surface area contributed by atoms with Gasteiger partial charge in [-0.2, -0.15) is 0 Å². The number of rotatable bonds is 4. The van der Waals surface area contributed by atoms with Crippen LogP contribution in [0.25, 0.3) is 0 Å². The van der Waals surface area contributed by atoms with E-state index < -0.39 is 0 Å². The number of thioether (sulfide) groups is 1. The van der Waals surface area contributed by atoms with E-state index >= 15 is 0 Å². The molecule has 0 atom stereocenters. The van der Waals surface area contributed by atoms with E-state index in [0.717, 1.165) is 8.68 Å². The third-order valence-electron chi connectivity index (χ3n) is 1.65. The highest BCUT2D eigenvalue weighted by Gasteiger charge is 2.08. The van der Waals surface area contributed by atoms with Gasteiger partial charge in [0.25, 0.3) is 0 Å². The van der Waals surface area contributed by atoms with E-state index in [1.807, 2.05) is 6.26 Å². The van der Waals surface area contributed by atoms with Gasteiger partial charge in [0, 0.05) is 6.20 Å². The van der Waals surface area contributed by atoms with Crippen LogP contribution in [0, 0.1) is 5.41 Å². The number of hydrogen-bond acceptors (Lipinski definition) is 8. The number of aromatic nitrogens is 4. The molecular formula is C8H8N6S3. The fourth-order valence-electron chi connectivity index (χ4n) is 0.939. The van der Waals surface area contributed by atoms with Crippen LogP contribution in [0.3, 0.4) is 0 Å². The molecule has 17 heavy (non-hydrogen) atoms. The third-order valence-corrected chi connectivity index (χ3v) is 4.48. The van der Waals surface area contributed by atoms with Gasteiger partial charge < -0.3 is 5.73 Å². The van der Waals surface area contributed by atoms with E-state index in [4.69, 9.17) is 11.1 Å². The lowest BCUT2D eigenvalue weighted by Crippen LogP contribution is -2.13. The van der Waals surface area contributed by atoms with Crippen molar-refractivity contribution < 1.29 is 0 Å². The maximum absolute atomic E-state index is 7.30. The van der Waals surface area contributed by atoms with Crippen molar-refractivity contribution in [2.75, 3.05) is 6.26 Å². The van der Waals surface area contributed by atoms with Crippen LogP contribution < -0.4 is 5.73 Å². The second kappa shape index (κ2) is 5.43. The molecule has 2 aromatic heterocycles. The SMILES string of the molecule is CSc1nnc(Sc2nccc(C(=N)N)n2)s1. The van der Waals surface area contributed by atoms with Gasteiger partial charge in [-0.3, -0.25) is 5.41 Å². The number of nitrogen functional groups attached to an aromatic ring is 1. The first-order chi connectivity index (χ1) is 8.19. The van der Waals surface area contributed by atoms with Gasteiger partial charge in [-0.05, 0) is 24.1 Å². The molecule has 0 spiro atoms. The molecule has 88 valence electrons. The van der Waals surface area contributed by atoms with Crippen molar-refractivity contribution in [1.82, 2.24) is 20.2 Å². The highest BCUT2D eigenvalue weighted by molar-refractivity contribution is 8.02. The van der Waals surface area contributed by atoms with Crippen molar-refractivity contribution in [2.45, 2.75) is 13.8 Å². The minimum absolute atomic E-state index is 0.0729. The standard InChI is InChI=1S/C8H8N6S3/c1-15-7-13-14-8(17-7)16-6-11-3-2-4(12-6)5(9)10/h2-3H,1H3,(H3,9,10). The van der Waals surface area contributed by atoms with E-state index in [2.05, 4.69) is 20.2 Å². The Balaban J connectivity index is 2.18. The molecular weight excluding hydrogens is 276 g/mol. The van der Waals surface area contributed by atoms with Crippen molar-refractivity contribution in [1.29, 1.82) is 5.41 Å². The molecule has 0 aliphatic carbocycles. The lowest BCUT2D eigenvalue weighted by molar-refractivity contribution is 0.931. The van der Waals surface area contributed by atoms with Crippen LogP contribution in [0.2, 0.25) is 0 Å². The molecule has 0 aliphatic heterocycles. The molecule has 0 aliphatic rings. The summed E-state index contributed by atoms with van der Waals surface area (Å²) in [5.74, 6) is -0.0729. The van der Waals surface area contributed by atoms with Crippen molar-refractivity contribution in [3.8, 4) is 0 Å². The molecule has 2 heterocycles. The molecule has 0 unspecified atom stereocenters. The molecule has 2 aromatic rings. The highest BCUT2D eigenvalue weighted by atomic mass is 32.2. The average Bonchev–Trinajstić information content (AvgIpc) is 2.77. The Bertz CT molecular complexity index is 540. The summed E-state index contributed by atoms with van der Waals surface area (Å²) in [6.07, 6.45) is 3.52. The first-order valence-electron chi connectivity index (χ1n) is 4.42. The van der Waals surface area contributed by atoms with Crippen LogP contribution in [-0.4, -0.2) is 32.3 Å². The fraction of sp³-hybridized carbons (Fsp3) is 0.125. The van der Waals surface area contributed by atoms with Crippen molar-refractivity contribution >= 4 is 40.7 Å². The van der Waals surface area contributed by atoms with Crippen molar-refractivity contribution in [3.05, 3.63) is 18.0 Å². The molecule has 6 nitrogen and oxygen atoms in total. The zero-order valence-corrected chi connectivity index (χ0v) is 11.2. The van der Waals surface area contributed by atoms with Crippen LogP contribution in [0.1, 0.15) is 5.69 Å². The monoisotopic (exact) mass is 284 g/mol. The summed E-state index contributed by atoms with van der Waals surface area (Å²) < 4.78 is 1.67. The Hall–Kier alpha value is -1.19. The quantitative estimate of drug-likeness (QED) is 0.379. The number of nitrogens with one attached hydrogen (secondary N) is 1. The predicted molar refractivity (Wildman–Crippen MR) is 68.9 cm³/mol. The molecule has 3 N–H and O–H groups in total. The maximum Gasteiger partial charge on any atom is 0.195 e. The Morgan fingerprint density at radius 3 is 2.82 bits per heavy atom.